The third kappa shape index (κ3) is 2.80. The highest BCUT2D eigenvalue weighted by Crippen LogP contribution is 2.60. The van der Waals surface area contributed by atoms with Crippen molar-refractivity contribution in [1.82, 2.24) is 9.88 Å². The fraction of sp³-hybridized carbons (Fsp3) is 0.667. The minimum atomic E-state index is -0.454. The molecule has 2 N–H and O–H groups in total. The Balaban J connectivity index is 1.35. The van der Waals surface area contributed by atoms with Crippen molar-refractivity contribution in [2.75, 3.05) is 11.9 Å². The molecule has 144 valence electrons. The minimum absolute atomic E-state index is 0.209. The topological polar surface area (TPSA) is 82.3 Å². The molecule has 1 aromatic rings. The molecule has 5 fully saturated rings. The molecule has 1 aliphatic heterocycles. The molecule has 5 aliphatic rings. The number of hydrogen-bond donors (Lipinski definition) is 2. The molecule has 1 aromatic heterocycles. The van der Waals surface area contributed by atoms with E-state index in [9.17, 15) is 14.4 Å². The van der Waals surface area contributed by atoms with Crippen molar-refractivity contribution in [1.29, 1.82) is 0 Å². The predicted molar refractivity (Wildman–Crippen MR) is 101 cm³/mol. The second-order valence-corrected chi connectivity index (χ2v) is 9.27. The third-order valence-corrected chi connectivity index (χ3v) is 7.39. The lowest BCUT2D eigenvalue weighted by Crippen LogP contribution is -2.56. The van der Waals surface area contributed by atoms with Gasteiger partial charge >= 0.3 is 0 Å². The summed E-state index contributed by atoms with van der Waals surface area (Å²) in [5, 5.41) is 2.73. The Hall–Kier alpha value is -2.11. The van der Waals surface area contributed by atoms with Crippen LogP contribution in [0.2, 0.25) is 0 Å². The van der Waals surface area contributed by atoms with Gasteiger partial charge in [-0.25, -0.2) is 0 Å². The second-order valence-electron chi connectivity index (χ2n) is 9.27. The van der Waals surface area contributed by atoms with Gasteiger partial charge in [0.15, 0.2) is 0 Å². The maximum Gasteiger partial charge on any atom is 0.247 e. The zero-order valence-corrected chi connectivity index (χ0v) is 15.6. The van der Waals surface area contributed by atoms with Gasteiger partial charge in [0.25, 0.3) is 0 Å². The van der Waals surface area contributed by atoms with Gasteiger partial charge in [-0.3, -0.25) is 14.4 Å². The highest BCUT2D eigenvalue weighted by Gasteiger charge is 2.56. The highest BCUT2D eigenvalue weighted by atomic mass is 16.2. The Kier molecular flexibility index (Phi) is 3.92. The summed E-state index contributed by atoms with van der Waals surface area (Å²) in [6.07, 6.45) is 11.5. The van der Waals surface area contributed by atoms with Crippen LogP contribution in [0, 0.1) is 23.2 Å². The maximum absolute atomic E-state index is 13.6. The molecule has 6 nitrogen and oxygen atoms in total. The number of amides is 2. The first-order valence-electron chi connectivity index (χ1n) is 10.3. The number of aromatic amines is 1. The number of carbonyl (C=O) groups excluding carboxylic acids is 2. The monoisotopic (exact) mass is 369 g/mol. The molecular weight excluding hydrogens is 342 g/mol. The van der Waals surface area contributed by atoms with E-state index >= 15 is 0 Å². The molecule has 6 heteroatoms. The van der Waals surface area contributed by atoms with Gasteiger partial charge < -0.3 is 15.2 Å². The highest BCUT2D eigenvalue weighted by molar-refractivity contribution is 5.98. The van der Waals surface area contributed by atoms with Crippen LogP contribution in [0.15, 0.2) is 23.3 Å². The first-order valence-corrected chi connectivity index (χ1v) is 10.3. The number of pyridine rings is 1. The van der Waals surface area contributed by atoms with E-state index in [1.54, 1.807) is 0 Å². The van der Waals surface area contributed by atoms with Gasteiger partial charge in [0.05, 0.1) is 5.41 Å². The standard InChI is InChI=1S/C21H27N3O3/c25-18-3-4-22-12-16(18)23-19(26)17-2-1-5-24(17)20(27)21-9-13-6-14(10-21)8-15(7-13)11-21/h3-4,12-15,17H,1-2,5-11H2,(H,22,25)(H,23,26)/t13?,14?,15?,17-,21?/m1/s1. The number of carbonyl (C=O) groups is 2. The Labute approximate surface area is 158 Å². The lowest BCUT2D eigenvalue weighted by Gasteiger charge is -2.56. The molecule has 4 saturated carbocycles. The summed E-state index contributed by atoms with van der Waals surface area (Å²) in [5.41, 5.74) is -0.197. The Bertz CT molecular complexity index is 795. The molecule has 4 aliphatic carbocycles. The second kappa shape index (κ2) is 6.21. The van der Waals surface area contributed by atoms with Crippen LogP contribution >= 0.6 is 0 Å². The van der Waals surface area contributed by atoms with Crippen LogP contribution in [0.3, 0.4) is 0 Å². The van der Waals surface area contributed by atoms with Crippen LogP contribution in [0.25, 0.3) is 0 Å². The summed E-state index contributed by atoms with van der Waals surface area (Å²) in [7, 11) is 0. The molecule has 0 aromatic carbocycles. The summed E-state index contributed by atoms with van der Waals surface area (Å²) in [5.74, 6) is 2.09. The summed E-state index contributed by atoms with van der Waals surface area (Å²) in [4.78, 5) is 43.0. The fourth-order valence-corrected chi connectivity index (χ4v) is 6.69. The molecule has 1 saturated heterocycles. The normalized spacial score (nSPS) is 36.8. The number of anilines is 1. The number of likely N-dealkylation sites (tertiary alicyclic amines) is 1. The molecule has 2 amide bonds. The quantitative estimate of drug-likeness (QED) is 0.859. The van der Waals surface area contributed by atoms with Crippen LogP contribution < -0.4 is 10.7 Å². The van der Waals surface area contributed by atoms with Crippen molar-refractivity contribution >= 4 is 17.5 Å². The van der Waals surface area contributed by atoms with Crippen LogP contribution in [0.5, 0.6) is 0 Å². The average Bonchev–Trinajstić information content (AvgIpc) is 3.11. The lowest BCUT2D eigenvalue weighted by atomic mass is 9.49. The van der Waals surface area contributed by atoms with E-state index in [-0.39, 0.29) is 28.3 Å². The molecule has 0 radical (unpaired) electrons. The molecule has 4 bridgehead atoms. The van der Waals surface area contributed by atoms with Crippen LogP contribution in [0.4, 0.5) is 5.69 Å². The fourth-order valence-electron chi connectivity index (χ4n) is 6.69. The number of aromatic nitrogens is 1. The van der Waals surface area contributed by atoms with Crippen molar-refractivity contribution in [2.45, 2.75) is 57.4 Å². The molecule has 0 unspecified atom stereocenters. The Morgan fingerprint density at radius 1 is 1.11 bits per heavy atom. The van der Waals surface area contributed by atoms with E-state index < -0.39 is 6.04 Å². The number of nitrogens with zero attached hydrogens (tertiary/aromatic N) is 1. The summed E-state index contributed by atoms with van der Waals surface area (Å²) >= 11 is 0. The maximum atomic E-state index is 13.6. The van der Waals surface area contributed by atoms with Crippen LogP contribution in [-0.2, 0) is 9.59 Å². The zero-order chi connectivity index (χ0) is 18.6. The Morgan fingerprint density at radius 3 is 2.41 bits per heavy atom. The minimum Gasteiger partial charge on any atom is -0.366 e. The average molecular weight is 369 g/mol. The van der Waals surface area contributed by atoms with Gasteiger partial charge in [-0.05, 0) is 69.1 Å². The van der Waals surface area contributed by atoms with Gasteiger partial charge in [0, 0.05) is 25.0 Å². The van der Waals surface area contributed by atoms with Crippen LogP contribution in [-0.4, -0.2) is 34.3 Å². The number of hydrogen-bond acceptors (Lipinski definition) is 3. The van der Waals surface area contributed by atoms with E-state index in [4.69, 9.17) is 0 Å². The first-order chi connectivity index (χ1) is 13.0. The molecule has 27 heavy (non-hydrogen) atoms. The van der Waals surface area contributed by atoms with Crippen molar-refractivity contribution in [3.8, 4) is 0 Å². The van der Waals surface area contributed by atoms with E-state index in [1.807, 2.05) is 4.90 Å². The zero-order valence-electron chi connectivity index (χ0n) is 15.6. The van der Waals surface area contributed by atoms with E-state index in [0.29, 0.717) is 30.7 Å². The van der Waals surface area contributed by atoms with Crippen LogP contribution in [0.1, 0.15) is 51.4 Å². The number of nitrogens with one attached hydrogen (secondary N) is 2. The smallest absolute Gasteiger partial charge is 0.247 e. The van der Waals surface area contributed by atoms with Gasteiger partial charge in [0.2, 0.25) is 17.2 Å². The van der Waals surface area contributed by atoms with Crippen molar-refractivity contribution in [2.24, 2.45) is 23.2 Å². The van der Waals surface area contributed by atoms with Gasteiger partial charge in [0.1, 0.15) is 11.7 Å². The largest absolute Gasteiger partial charge is 0.366 e. The molecule has 2 heterocycles. The molecule has 0 spiro atoms. The predicted octanol–water partition coefficient (Wildman–Crippen LogP) is 2.52. The van der Waals surface area contributed by atoms with Gasteiger partial charge in [-0.15, -0.1) is 0 Å². The van der Waals surface area contributed by atoms with Crippen molar-refractivity contribution < 1.29 is 9.59 Å². The van der Waals surface area contributed by atoms with Gasteiger partial charge in [-0.2, -0.15) is 0 Å². The molecule has 6 rings (SSSR count). The van der Waals surface area contributed by atoms with E-state index in [1.165, 1.54) is 37.7 Å². The SMILES string of the molecule is O=C(Nc1c[nH]ccc1=O)[C@H]1CCCN1C(=O)C12CC3CC(CC(C3)C1)C2. The Morgan fingerprint density at radius 2 is 1.78 bits per heavy atom. The summed E-state index contributed by atoms with van der Waals surface area (Å²) in [6.45, 7) is 0.657. The number of H-pyrrole nitrogens is 1. The first kappa shape index (κ1) is 17.0. The summed E-state index contributed by atoms with van der Waals surface area (Å²) in [6, 6.07) is 0.938. The molecular formula is C21H27N3O3. The third-order valence-electron chi connectivity index (χ3n) is 7.39. The van der Waals surface area contributed by atoms with Gasteiger partial charge in [-0.1, -0.05) is 0 Å². The lowest BCUT2D eigenvalue weighted by molar-refractivity contribution is -0.160. The van der Waals surface area contributed by atoms with E-state index in [2.05, 4.69) is 10.3 Å². The summed E-state index contributed by atoms with van der Waals surface area (Å²) < 4.78 is 0. The number of rotatable bonds is 3. The van der Waals surface area contributed by atoms with E-state index in [0.717, 1.165) is 25.7 Å². The molecule has 1 atom stereocenters. The van der Waals surface area contributed by atoms with Crippen molar-refractivity contribution in [3.05, 3.63) is 28.7 Å². The van der Waals surface area contributed by atoms with Crippen molar-refractivity contribution in [3.63, 3.8) is 0 Å².